The van der Waals surface area contributed by atoms with Crippen LogP contribution in [0.5, 0.6) is 5.88 Å². The first-order valence-corrected chi connectivity index (χ1v) is 6.32. The first kappa shape index (κ1) is 12.1. The van der Waals surface area contributed by atoms with Crippen LogP contribution in [0.1, 0.15) is 37.8 Å². The minimum absolute atomic E-state index is 0.320. The molecule has 0 atom stereocenters. The molecular weight excluding hydrogens is 214 g/mol. The normalized spacial score (nSPS) is 16.1. The number of pyridine rings is 1. The molecule has 3 nitrogen and oxygen atoms in total. The van der Waals surface area contributed by atoms with Gasteiger partial charge in [0.25, 0.3) is 0 Å². The summed E-state index contributed by atoms with van der Waals surface area (Å²) in [5, 5.41) is 0. The number of aryl methyl sites for hydroxylation is 1. The number of ether oxygens (including phenoxy) is 1. The van der Waals surface area contributed by atoms with E-state index in [4.69, 9.17) is 4.74 Å². The molecule has 0 bridgehead atoms. The Morgan fingerprint density at radius 3 is 2.88 bits per heavy atom. The van der Waals surface area contributed by atoms with Gasteiger partial charge in [0.2, 0.25) is 5.88 Å². The van der Waals surface area contributed by atoms with Gasteiger partial charge in [-0.15, -0.1) is 0 Å². The third-order valence-corrected chi connectivity index (χ3v) is 3.43. The van der Waals surface area contributed by atoms with Gasteiger partial charge in [-0.05, 0) is 25.3 Å². The van der Waals surface area contributed by atoms with E-state index in [1.165, 1.54) is 12.8 Å². The fourth-order valence-corrected chi connectivity index (χ4v) is 2.41. The Hall–Kier alpha value is -1.38. The minimum atomic E-state index is 0.320. The van der Waals surface area contributed by atoms with Crippen LogP contribution >= 0.6 is 0 Å². The van der Waals surface area contributed by atoms with E-state index in [1.54, 1.807) is 7.11 Å². The number of carbonyl (C=O) groups is 1. The van der Waals surface area contributed by atoms with E-state index in [0.29, 0.717) is 24.0 Å². The van der Waals surface area contributed by atoms with Crippen molar-refractivity contribution in [1.29, 1.82) is 0 Å². The summed E-state index contributed by atoms with van der Waals surface area (Å²) in [6, 6.07) is 5.69. The maximum atomic E-state index is 11.9. The summed E-state index contributed by atoms with van der Waals surface area (Å²) in [7, 11) is 1.61. The highest BCUT2D eigenvalue weighted by Gasteiger charge is 2.22. The lowest BCUT2D eigenvalue weighted by Gasteiger charge is -2.07. The molecule has 0 spiro atoms. The average molecular weight is 233 g/mol. The van der Waals surface area contributed by atoms with Crippen molar-refractivity contribution < 1.29 is 9.53 Å². The number of Topliss-reactive ketones (excluding diaryl/α,β-unsaturated/α-hetero) is 1. The number of ketones is 1. The number of hydrogen-bond acceptors (Lipinski definition) is 3. The van der Waals surface area contributed by atoms with Gasteiger partial charge in [0.1, 0.15) is 5.78 Å². The van der Waals surface area contributed by atoms with Crippen LogP contribution in [-0.4, -0.2) is 17.9 Å². The molecule has 0 radical (unpaired) electrons. The molecule has 1 fully saturated rings. The molecule has 92 valence electrons. The molecule has 1 aliphatic rings. The quantitative estimate of drug-likeness (QED) is 0.785. The van der Waals surface area contributed by atoms with Crippen molar-refractivity contribution in [3.8, 4) is 5.88 Å². The topological polar surface area (TPSA) is 39.2 Å². The van der Waals surface area contributed by atoms with Gasteiger partial charge in [0, 0.05) is 24.1 Å². The smallest absolute Gasteiger partial charge is 0.213 e. The fraction of sp³-hybridized carbons (Fsp3) is 0.571. The van der Waals surface area contributed by atoms with Crippen molar-refractivity contribution in [3.05, 3.63) is 23.9 Å². The number of carbonyl (C=O) groups excluding carboxylic acids is 1. The van der Waals surface area contributed by atoms with Gasteiger partial charge >= 0.3 is 0 Å². The fourth-order valence-electron chi connectivity index (χ4n) is 2.41. The van der Waals surface area contributed by atoms with Crippen molar-refractivity contribution in [2.24, 2.45) is 5.92 Å². The molecule has 1 aromatic rings. The van der Waals surface area contributed by atoms with Crippen molar-refractivity contribution >= 4 is 5.78 Å². The predicted octanol–water partition coefficient (Wildman–Crippen LogP) is 2.78. The summed E-state index contributed by atoms with van der Waals surface area (Å²) in [4.78, 5) is 16.2. The van der Waals surface area contributed by atoms with Crippen LogP contribution in [0, 0.1) is 5.92 Å². The summed E-state index contributed by atoms with van der Waals surface area (Å²) in [6.07, 6.45) is 5.95. The number of rotatable bonds is 5. The molecule has 0 aromatic carbocycles. The van der Waals surface area contributed by atoms with Gasteiger partial charge in [0.15, 0.2) is 0 Å². The Kier molecular flexibility index (Phi) is 4.13. The number of methoxy groups -OCH3 is 1. The molecule has 1 saturated carbocycles. The summed E-state index contributed by atoms with van der Waals surface area (Å²) < 4.78 is 5.07. The van der Waals surface area contributed by atoms with Gasteiger partial charge in [0.05, 0.1) is 7.11 Å². The third kappa shape index (κ3) is 3.29. The molecule has 3 heteroatoms. The second-order valence-corrected chi connectivity index (χ2v) is 4.62. The molecule has 0 amide bonds. The summed E-state index contributed by atoms with van der Waals surface area (Å²) in [5.74, 6) is 1.35. The van der Waals surface area contributed by atoms with Gasteiger partial charge in [-0.3, -0.25) is 4.79 Å². The lowest BCUT2D eigenvalue weighted by atomic mass is 9.98. The zero-order valence-corrected chi connectivity index (χ0v) is 10.3. The Morgan fingerprint density at radius 2 is 2.18 bits per heavy atom. The third-order valence-electron chi connectivity index (χ3n) is 3.43. The lowest BCUT2D eigenvalue weighted by molar-refractivity contribution is -0.122. The zero-order valence-electron chi connectivity index (χ0n) is 10.3. The van der Waals surface area contributed by atoms with Crippen LogP contribution < -0.4 is 4.74 Å². The predicted molar refractivity (Wildman–Crippen MR) is 66.1 cm³/mol. The van der Waals surface area contributed by atoms with Gasteiger partial charge in [-0.2, -0.15) is 0 Å². The van der Waals surface area contributed by atoms with Crippen molar-refractivity contribution in [3.63, 3.8) is 0 Å². The zero-order chi connectivity index (χ0) is 12.1. The van der Waals surface area contributed by atoms with Crippen molar-refractivity contribution in [1.82, 2.24) is 4.98 Å². The van der Waals surface area contributed by atoms with E-state index in [9.17, 15) is 4.79 Å². The Balaban J connectivity index is 1.86. The van der Waals surface area contributed by atoms with Gasteiger partial charge in [-0.1, -0.05) is 18.9 Å². The number of hydrogen-bond donors (Lipinski definition) is 0. The Morgan fingerprint density at radius 1 is 1.41 bits per heavy atom. The standard InChI is InChI=1S/C14H19NO2/c1-17-14-8-4-7-12(15-14)9-10-13(16)11-5-2-3-6-11/h4,7-8,11H,2-3,5-6,9-10H2,1H3. The van der Waals surface area contributed by atoms with Crippen molar-refractivity contribution in [2.75, 3.05) is 7.11 Å². The maximum Gasteiger partial charge on any atom is 0.213 e. The highest BCUT2D eigenvalue weighted by molar-refractivity contribution is 5.81. The van der Waals surface area contributed by atoms with Crippen LogP contribution in [0.25, 0.3) is 0 Å². The van der Waals surface area contributed by atoms with E-state index in [2.05, 4.69) is 4.98 Å². The monoisotopic (exact) mass is 233 g/mol. The molecule has 1 heterocycles. The number of nitrogens with zero attached hydrogens (tertiary/aromatic N) is 1. The molecule has 0 aliphatic heterocycles. The SMILES string of the molecule is COc1cccc(CCC(=O)C2CCCC2)n1. The molecule has 17 heavy (non-hydrogen) atoms. The van der Waals surface area contributed by atoms with E-state index in [0.717, 1.165) is 25.0 Å². The highest BCUT2D eigenvalue weighted by Crippen LogP contribution is 2.26. The summed E-state index contributed by atoms with van der Waals surface area (Å²) in [6.45, 7) is 0. The van der Waals surface area contributed by atoms with E-state index in [1.807, 2.05) is 18.2 Å². The van der Waals surface area contributed by atoms with Crippen LogP contribution in [0.2, 0.25) is 0 Å². The lowest BCUT2D eigenvalue weighted by Crippen LogP contribution is -2.11. The second kappa shape index (κ2) is 5.80. The van der Waals surface area contributed by atoms with Gasteiger partial charge in [-0.25, -0.2) is 4.98 Å². The molecular formula is C14H19NO2. The highest BCUT2D eigenvalue weighted by atomic mass is 16.5. The first-order valence-electron chi connectivity index (χ1n) is 6.32. The average Bonchev–Trinajstić information content (AvgIpc) is 2.90. The summed E-state index contributed by atoms with van der Waals surface area (Å²) >= 11 is 0. The molecule has 1 aromatic heterocycles. The second-order valence-electron chi connectivity index (χ2n) is 4.62. The molecule has 0 N–H and O–H groups in total. The Bertz CT molecular complexity index is 384. The van der Waals surface area contributed by atoms with Crippen molar-refractivity contribution in [2.45, 2.75) is 38.5 Å². The minimum Gasteiger partial charge on any atom is -0.481 e. The van der Waals surface area contributed by atoms with E-state index >= 15 is 0 Å². The molecule has 1 aliphatic carbocycles. The van der Waals surface area contributed by atoms with Crippen LogP contribution in [0.15, 0.2) is 18.2 Å². The largest absolute Gasteiger partial charge is 0.481 e. The molecule has 0 unspecified atom stereocenters. The van der Waals surface area contributed by atoms with Crippen LogP contribution in [-0.2, 0) is 11.2 Å². The summed E-state index contributed by atoms with van der Waals surface area (Å²) in [5.41, 5.74) is 0.940. The molecule has 2 rings (SSSR count). The first-order chi connectivity index (χ1) is 8.29. The number of aromatic nitrogens is 1. The van der Waals surface area contributed by atoms with E-state index < -0.39 is 0 Å². The Labute approximate surface area is 102 Å². The molecule has 0 saturated heterocycles. The van der Waals surface area contributed by atoms with Crippen LogP contribution in [0.3, 0.4) is 0 Å². The van der Waals surface area contributed by atoms with Crippen LogP contribution in [0.4, 0.5) is 0 Å². The maximum absolute atomic E-state index is 11.9. The van der Waals surface area contributed by atoms with Gasteiger partial charge < -0.3 is 4.74 Å². The van der Waals surface area contributed by atoms with E-state index in [-0.39, 0.29) is 0 Å².